The number of anilines is 1. The maximum Gasteiger partial charge on any atom is 0.244 e. The number of fused-ring (bicyclic) bond motifs is 5. The molecule has 3 amide bonds. The Kier molecular flexibility index (Phi) is 3.80. The summed E-state index contributed by atoms with van der Waals surface area (Å²) in [6, 6.07) is 4.84. The van der Waals surface area contributed by atoms with Crippen LogP contribution in [0.5, 0.6) is 5.75 Å². The molecule has 2 aliphatic carbocycles. The van der Waals surface area contributed by atoms with Gasteiger partial charge >= 0.3 is 0 Å². The van der Waals surface area contributed by atoms with Crippen LogP contribution in [0.4, 0.5) is 5.69 Å². The monoisotopic (exact) mass is 360 g/mol. The molecule has 2 fully saturated rings. The maximum atomic E-state index is 12.6. The molecular weight excluding hydrogens is 344 g/mol. The number of allylic oxidation sites excluding steroid dienone is 2. The topological polar surface area (TPSA) is 75.7 Å². The third-order valence-electron chi connectivity index (χ3n) is 5.30. The van der Waals surface area contributed by atoms with Gasteiger partial charge in [0, 0.05) is 5.02 Å². The highest BCUT2D eigenvalue weighted by molar-refractivity contribution is 6.31. The number of carbonyl (C=O) groups excluding carboxylic acids is 3. The van der Waals surface area contributed by atoms with Crippen molar-refractivity contribution in [1.82, 2.24) is 4.90 Å². The first-order chi connectivity index (χ1) is 12.0. The molecule has 0 spiro atoms. The van der Waals surface area contributed by atoms with E-state index in [1.54, 1.807) is 18.2 Å². The summed E-state index contributed by atoms with van der Waals surface area (Å²) < 4.78 is 5.18. The van der Waals surface area contributed by atoms with Crippen molar-refractivity contribution in [3.05, 3.63) is 35.4 Å². The molecule has 0 radical (unpaired) electrons. The first kappa shape index (κ1) is 16.1. The average molecular weight is 361 g/mol. The van der Waals surface area contributed by atoms with Gasteiger partial charge in [-0.2, -0.15) is 0 Å². The van der Waals surface area contributed by atoms with Crippen LogP contribution in [-0.2, 0) is 14.4 Å². The number of ether oxygens (including phenoxy) is 1. The Hall–Kier alpha value is -2.34. The second-order valence-corrected chi connectivity index (χ2v) is 7.09. The molecule has 3 aliphatic rings. The minimum Gasteiger partial charge on any atom is -0.495 e. The highest BCUT2D eigenvalue weighted by Gasteiger charge is 2.59. The van der Waals surface area contributed by atoms with Crippen molar-refractivity contribution in [3.63, 3.8) is 0 Å². The van der Waals surface area contributed by atoms with Crippen LogP contribution in [0.3, 0.4) is 0 Å². The van der Waals surface area contributed by atoms with E-state index in [1.165, 1.54) is 7.11 Å². The van der Waals surface area contributed by atoms with Crippen molar-refractivity contribution < 1.29 is 19.1 Å². The van der Waals surface area contributed by atoms with Crippen molar-refractivity contribution in [2.24, 2.45) is 23.7 Å². The number of likely N-dealkylation sites (tertiary alicyclic amines) is 1. The molecule has 25 heavy (non-hydrogen) atoms. The van der Waals surface area contributed by atoms with E-state index in [4.69, 9.17) is 16.3 Å². The molecule has 1 aromatic rings. The fraction of sp³-hybridized carbons (Fsp3) is 0.389. The van der Waals surface area contributed by atoms with E-state index in [9.17, 15) is 14.4 Å². The highest BCUT2D eigenvalue weighted by Crippen LogP contribution is 2.52. The van der Waals surface area contributed by atoms with E-state index in [-0.39, 0.29) is 42.0 Å². The smallest absolute Gasteiger partial charge is 0.244 e. The number of benzene rings is 1. The lowest BCUT2D eigenvalue weighted by Crippen LogP contribution is -2.39. The van der Waals surface area contributed by atoms with Gasteiger partial charge < -0.3 is 10.1 Å². The van der Waals surface area contributed by atoms with Gasteiger partial charge in [-0.25, -0.2) is 0 Å². The Morgan fingerprint density at radius 3 is 2.48 bits per heavy atom. The zero-order chi connectivity index (χ0) is 17.7. The van der Waals surface area contributed by atoms with E-state index in [0.29, 0.717) is 16.5 Å². The quantitative estimate of drug-likeness (QED) is 0.659. The summed E-state index contributed by atoms with van der Waals surface area (Å²) in [7, 11) is 1.48. The van der Waals surface area contributed by atoms with E-state index in [1.807, 2.05) is 12.2 Å². The Balaban J connectivity index is 1.48. The van der Waals surface area contributed by atoms with Crippen molar-refractivity contribution in [3.8, 4) is 5.75 Å². The minimum absolute atomic E-state index is 0.132. The van der Waals surface area contributed by atoms with Crippen LogP contribution < -0.4 is 10.1 Å². The van der Waals surface area contributed by atoms with Gasteiger partial charge in [0.25, 0.3) is 0 Å². The Bertz CT molecular complexity index is 776. The summed E-state index contributed by atoms with van der Waals surface area (Å²) in [6.45, 7) is -0.292. The standard InChI is InChI=1S/C18H17ClN2O4/c1-25-13-5-4-11(19)7-12(13)20-14(22)8-21-17(23)15-9-2-3-10(6-9)16(15)18(21)24/h2-5,7,9-10,15-16H,6,8H2,1H3,(H,20,22)/t9-,10-,15-,16-/m0/s1. The third kappa shape index (κ3) is 2.52. The first-order valence-electron chi connectivity index (χ1n) is 8.16. The predicted octanol–water partition coefficient (Wildman–Crippen LogP) is 2.09. The van der Waals surface area contributed by atoms with E-state index in [0.717, 1.165) is 11.3 Å². The largest absolute Gasteiger partial charge is 0.495 e. The van der Waals surface area contributed by atoms with Crippen LogP contribution in [0.15, 0.2) is 30.4 Å². The van der Waals surface area contributed by atoms with Gasteiger partial charge in [0.2, 0.25) is 17.7 Å². The molecule has 4 atom stereocenters. The second kappa shape index (κ2) is 5.88. The summed E-state index contributed by atoms with van der Waals surface area (Å²) in [5.41, 5.74) is 0.404. The second-order valence-electron chi connectivity index (χ2n) is 6.66. The number of amides is 3. The molecular formula is C18H17ClN2O4. The Morgan fingerprint density at radius 2 is 1.88 bits per heavy atom. The zero-order valence-electron chi connectivity index (χ0n) is 13.6. The van der Waals surface area contributed by atoms with Gasteiger partial charge in [-0.3, -0.25) is 19.3 Å². The highest BCUT2D eigenvalue weighted by atomic mass is 35.5. The van der Waals surface area contributed by atoms with E-state index in [2.05, 4.69) is 5.32 Å². The lowest BCUT2D eigenvalue weighted by molar-refractivity contribution is -0.143. The Labute approximate surface area is 149 Å². The predicted molar refractivity (Wildman–Crippen MR) is 91.1 cm³/mol. The number of rotatable bonds is 4. The number of hydrogen-bond acceptors (Lipinski definition) is 4. The van der Waals surface area contributed by atoms with Crippen molar-refractivity contribution in [2.45, 2.75) is 6.42 Å². The molecule has 1 heterocycles. The van der Waals surface area contributed by atoms with Crippen molar-refractivity contribution >= 4 is 35.0 Å². The van der Waals surface area contributed by atoms with Crippen LogP contribution in [0.2, 0.25) is 5.02 Å². The van der Waals surface area contributed by atoms with Gasteiger partial charge in [0.05, 0.1) is 24.6 Å². The van der Waals surface area contributed by atoms with Crippen LogP contribution in [0.1, 0.15) is 6.42 Å². The first-order valence-corrected chi connectivity index (χ1v) is 8.54. The lowest BCUT2D eigenvalue weighted by Gasteiger charge is -2.17. The van der Waals surface area contributed by atoms with Gasteiger partial charge in [0.1, 0.15) is 12.3 Å². The number of nitrogens with one attached hydrogen (secondary N) is 1. The third-order valence-corrected chi connectivity index (χ3v) is 5.53. The number of methoxy groups -OCH3 is 1. The molecule has 130 valence electrons. The number of halogens is 1. The van der Waals surface area contributed by atoms with E-state index >= 15 is 0 Å². The molecule has 0 unspecified atom stereocenters. The molecule has 1 saturated heterocycles. The zero-order valence-corrected chi connectivity index (χ0v) is 14.3. The molecule has 6 nitrogen and oxygen atoms in total. The molecule has 1 N–H and O–H groups in total. The van der Waals surface area contributed by atoms with Crippen molar-refractivity contribution in [1.29, 1.82) is 0 Å². The van der Waals surface area contributed by atoms with Gasteiger partial charge in [0.15, 0.2) is 0 Å². The summed E-state index contributed by atoms with van der Waals surface area (Å²) >= 11 is 5.95. The molecule has 7 heteroatoms. The van der Waals surface area contributed by atoms with Gasteiger partial charge in [-0.1, -0.05) is 23.8 Å². The molecule has 1 aromatic carbocycles. The molecule has 2 bridgehead atoms. The number of nitrogens with zero attached hydrogens (tertiary/aromatic N) is 1. The fourth-order valence-corrected chi connectivity index (χ4v) is 4.40. The average Bonchev–Trinajstić information content (AvgIpc) is 3.25. The fourth-order valence-electron chi connectivity index (χ4n) is 4.23. The van der Waals surface area contributed by atoms with Crippen LogP contribution in [0, 0.1) is 23.7 Å². The van der Waals surface area contributed by atoms with Gasteiger partial charge in [-0.15, -0.1) is 0 Å². The summed E-state index contributed by atoms with van der Waals surface area (Å²) in [6.07, 6.45) is 4.92. The lowest BCUT2D eigenvalue weighted by atomic mass is 9.85. The maximum absolute atomic E-state index is 12.6. The Morgan fingerprint density at radius 1 is 1.24 bits per heavy atom. The minimum atomic E-state index is -0.456. The number of imide groups is 1. The normalized spacial score (nSPS) is 29.3. The van der Waals surface area contributed by atoms with Crippen LogP contribution in [-0.4, -0.2) is 36.3 Å². The van der Waals surface area contributed by atoms with Gasteiger partial charge in [-0.05, 0) is 36.5 Å². The summed E-state index contributed by atoms with van der Waals surface area (Å²) in [4.78, 5) is 38.7. The number of carbonyl (C=O) groups is 3. The molecule has 0 aromatic heterocycles. The van der Waals surface area contributed by atoms with Crippen LogP contribution in [0.25, 0.3) is 0 Å². The molecule has 1 aliphatic heterocycles. The number of hydrogen-bond donors (Lipinski definition) is 1. The van der Waals surface area contributed by atoms with Crippen LogP contribution >= 0.6 is 11.6 Å². The SMILES string of the molecule is COc1ccc(Cl)cc1NC(=O)CN1C(=O)[C@@H]2[C@@H](C1=O)[C@H]1C=C[C@H]2C1. The molecule has 1 saturated carbocycles. The van der Waals surface area contributed by atoms with Crippen molar-refractivity contribution in [2.75, 3.05) is 19.0 Å². The molecule has 4 rings (SSSR count). The summed E-state index contributed by atoms with van der Waals surface area (Å²) in [5, 5.41) is 3.11. The summed E-state index contributed by atoms with van der Waals surface area (Å²) in [5.74, 6) is -0.800. The van der Waals surface area contributed by atoms with E-state index < -0.39 is 5.91 Å².